The summed E-state index contributed by atoms with van der Waals surface area (Å²) < 4.78 is 5.38. The van der Waals surface area contributed by atoms with Gasteiger partial charge in [-0.25, -0.2) is 4.79 Å². The van der Waals surface area contributed by atoms with E-state index < -0.39 is 5.97 Å². The fraction of sp³-hybridized carbons (Fsp3) is 0.176. The van der Waals surface area contributed by atoms with Gasteiger partial charge in [0.2, 0.25) is 0 Å². The Bertz CT molecular complexity index is 672. The Labute approximate surface area is 123 Å². The van der Waals surface area contributed by atoms with Gasteiger partial charge in [-0.15, -0.1) is 0 Å². The maximum atomic E-state index is 12.0. The van der Waals surface area contributed by atoms with E-state index in [9.17, 15) is 9.59 Å². The lowest BCUT2D eigenvalue weighted by Crippen LogP contribution is -2.12. The molecule has 0 aliphatic carbocycles. The molecule has 21 heavy (non-hydrogen) atoms. The zero-order valence-corrected chi connectivity index (χ0v) is 11.9. The number of rotatable bonds is 5. The lowest BCUT2D eigenvalue weighted by atomic mass is 10.0. The molecule has 0 spiro atoms. The van der Waals surface area contributed by atoms with Crippen molar-refractivity contribution in [3.05, 3.63) is 64.7 Å². The van der Waals surface area contributed by atoms with Gasteiger partial charge in [0.05, 0.1) is 5.56 Å². The third-order valence-electron chi connectivity index (χ3n) is 3.30. The SMILES string of the molecule is Cc1ccc(C(=O)COc2ccc(C(=O)O)cc2)cc1C. The normalized spacial score (nSPS) is 10.2. The predicted molar refractivity (Wildman–Crippen MR) is 79.1 cm³/mol. The van der Waals surface area contributed by atoms with Crippen LogP contribution in [0.1, 0.15) is 31.8 Å². The average molecular weight is 284 g/mol. The van der Waals surface area contributed by atoms with Gasteiger partial charge in [-0.2, -0.15) is 0 Å². The zero-order valence-electron chi connectivity index (χ0n) is 11.9. The molecule has 2 aromatic carbocycles. The summed E-state index contributed by atoms with van der Waals surface area (Å²) in [7, 11) is 0. The maximum absolute atomic E-state index is 12.0. The summed E-state index contributed by atoms with van der Waals surface area (Å²) in [4.78, 5) is 22.8. The van der Waals surface area contributed by atoms with Crippen molar-refractivity contribution in [1.82, 2.24) is 0 Å². The first kappa shape index (κ1) is 14.8. The van der Waals surface area contributed by atoms with E-state index in [0.717, 1.165) is 11.1 Å². The number of aromatic carboxylic acids is 1. The smallest absolute Gasteiger partial charge is 0.335 e. The van der Waals surface area contributed by atoms with Gasteiger partial charge in [-0.1, -0.05) is 12.1 Å². The standard InChI is InChI=1S/C17H16O4/c1-11-3-4-14(9-12(11)2)16(18)10-21-15-7-5-13(6-8-15)17(19)20/h3-9H,10H2,1-2H3,(H,19,20). The average Bonchev–Trinajstić information content (AvgIpc) is 2.48. The van der Waals surface area contributed by atoms with Crippen LogP contribution in [0.4, 0.5) is 0 Å². The molecule has 0 saturated heterocycles. The van der Waals surface area contributed by atoms with E-state index in [1.807, 2.05) is 26.0 Å². The largest absolute Gasteiger partial charge is 0.485 e. The quantitative estimate of drug-likeness (QED) is 0.856. The molecule has 0 atom stereocenters. The van der Waals surface area contributed by atoms with Crippen LogP contribution in [0.3, 0.4) is 0 Å². The van der Waals surface area contributed by atoms with Crippen molar-refractivity contribution in [1.29, 1.82) is 0 Å². The van der Waals surface area contributed by atoms with Gasteiger partial charge in [-0.3, -0.25) is 4.79 Å². The van der Waals surface area contributed by atoms with Crippen molar-refractivity contribution in [2.24, 2.45) is 0 Å². The maximum Gasteiger partial charge on any atom is 0.335 e. The highest BCUT2D eigenvalue weighted by Gasteiger charge is 2.08. The van der Waals surface area contributed by atoms with E-state index in [4.69, 9.17) is 9.84 Å². The summed E-state index contributed by atoms with van der Waals surface area (Å²) in [5.41, 5.74) is 2.99. The Morgan fingerprint density at radius 2 is 1.57 bits per heavy atom. The van der Waals surface area contributed by atoms with E-state index in [1.165, 1.54) is 24.3 Å². The van der Waals surface area contributed by atoms with Crippen LogP contribution in [0.15, 0.2) is 42.5 Å². The van der Waals surface area contributed by atoms with Crippen molar-refractivity contribution in [2.45, 2.75) is 13.8 Å². The second-order valence-electron chi connectivity index (χ2n) is 4.84. The summed E-state index contributed by atoms with van der Waals surface area (Å²) in [5.74, 6) is -0.634. The molecule has 1 N–H and O–H groups in total. The highest BCUT2D eigenvalue weighted by molar-refractivity contribution is 5.97. The second-order valence-corrected chi connectivity index (χ2v) is 4.84. The third-order valence-corrected chi connectivity index (χ3v) is 3.30. The van der Waals surface area contributed by atoms with Crippen LogP contribution in [0.2, 0.25) is 0 Å². The molecule has 0 aromatic heterocycles. The molecule has 0 fully saturated rings. The van der Waals surface area contributed by atoms with Gasteiger partial charge in [0, 0.05) is 5.56 Å². The summed E-state index contributed by atoms with van der Waals surface area (Å²) in [6, 6.07) is 11.5. The van der Waals surface area contributed by atoms with Crippen LogP contribution in [0.25, 0.3) is 0 Å². The molecule has 0 amide bonds. The molecule has 108 valence electrons. The number of hydrogen-bond acceptors (Lipinski definition) is 3. The minimum Gasteiger partial charge on any atom is -0.485 e. The first-order chi connectivity index (χ1) is 9.97. The molecule has 4 heteroatoms. The van der Waals surface area contributed by atoms with Crippen LogP contribution >= 0.6 is 0 Å². The summed E-state index contributed by atoms with van der Waals surface area (Å²) in [5, 5.41) is 8.80. The van der Waals surface area contributed by atoms with Gasteiger partial charge in [0.25, 0.3) is 0 Å². The predicted octanol–water partition coefficient (Wildman–Crippen LogP) is 3.26. The molecule has 0 radical (unpaired) electrons. The van der Waals surface area contributed by atoms with Crippen molar-refractivity contribution < 1.29 is 19.4 Å². The fourth-order valence-corrected chi connectivity index (χ4v) is 1.84. The molecule has 4 nitrogen and oxygen atoms in total. The molecule has 0 aliphatic heterocycles. The Balaban J connectivity index is 2.00. The van der Waals surface area contributed by atoms with E-state index in [2.05, 4.69) is 0 Å². The monoisotopic (exact) mass is 284 g/mol. The number of carboxylic acids is 1. The number of carbonyl (C=O) groups is 2. The minimum atomic E-state index is -0.993. The van der Waals surface area contributed by atoms with Crippen LogP contribution in [0.5, 0.6) is 5.75 Å². The van der Waals surface area contributed by atoms with Crippen LogP contribution in [0, 0.1) is 13.8 Å². The van der Waals surface area contributed by atoms with Crippen LogP contribution < -0.4 is 4.74 Å². The van der Waals surface area contributed by atoms with Crippen molar-refractivity contribution in [3.8, 4) is 5.75 Å². The van der Waals surface area contributed by atoms with Crippen molar-refractivity contribution in [2.75, 3.05) is 6.61 Å². The Morgan fingerprint density at radius 3 is 2.14 bits per heavy atom. The molecule has 2 rings (SSSR count). The van der Waals surface area contributed by atoms with E-state index in [0.29, 0.717) is 11.3 Å². The first-order valence-electron chi connectivity index (χ1n) is 6.54. The van der Waals surface area contributed by atoms with Gasteiger partial charge in [-0.05, 0) is 55.3 Å². The second kappa shape index (κ2) is 6.22. The fourth-order valence-electron chi connectivity index (χ4n) is 1.84. The van der Waals surface area contributed by atoms with Crippen molar-refractivity contribution in [3.63, 3.8) is 0 Å². The number of ketones is 1. The number of carboxylic acid groups (broad SMARTS) is 1. The molecule has 0 saturated carbocycles. The number of ether oxygens (including phenoxy) is 1. The summed E-state index contributed by atoms with van der Waals surface area (Å²) in [6.07, 6.45) is 0. The molecule has 2 aromatic rings. The molecular formula is C17H16O4. The number of Topliss-reactive ketones (excluding diaryl/α,β-unsaturated/α-hetero) is 1. The van der Waals surface area contributed by atoms with E-state index in [-0.39, 0.29) is 18.0 Å². The number of carbonyl (C=O) groups excluding carboxylic acids is 1. The lowest BCUT2D eigenvalue weighted by Gasteiger charge is -2.07. The van der Waals surface area contributed by atoms with E-state index >= 15 is 0 Å². The highest BCUT2D eigenvalue weighted by atomic mass is 16.5. The minimum absolute atomic E-state index is 0.0745. The Hall–Kier alpha value is -2.62. The molecule has 0 aliphatic rings. The number of aryl methyl sites for hydroxylation is 2. The first-order valence-corrected chi connectivity index (χ1v) is 6.54. The van der Waals surface area contributed by atoms with Gasteiger partial charge >= 0.3 is 5.97 Å². The number of benzene rings is 2. The molecule has 0 heterocycles. The van der Waals surface area contributed by atoms with E-state index in [1.54, 1.807) is 6.07 Å². The summed E-state index contributed by atoms with van der Waals surface area (Å²) in [6.45, 7) is 3.87. The Morgan fingerprint density at radius 1 is 0.952 bits per heavy atom. The Kier molecular flexibility index (Phi) is 4.38. The zero-order chi connectivity index (χ0) is 15.4. The molecule has 0 unspecified atom stereocenters. The molecular weight excluding hydrogens is 268 g/mol. The highest BCUT2D eigenvalue weighted by Crippen LogP contribution is 2.14. The topological polar surface area (TPSA) is 63.6 Å². The van der Waals surface area contributed by atoms with Crippen LogP contribution in [-0.2, 0) is 0 Å². The molecule has 0 bridgehead atoms. The van der Waals surface area contributed by atoms with Gasteiger partial charge in [0.1, 0.15) is 5.75 Å². The van der Waals surface area contributed by atoms with Gasteiger partial charge < -0.3 is 9.84 Å². The lowest BCUT2D eigenvalue weighted by molar-refractivity contribution is 0.0696. The number of hydrogen-bond donors (Lipinski definition) is 1. The third kappa shape index (κ3) is 3.69. The van der Waals surface area contributed by atoms with Crippen LogP contribution in [-0.4, -0.2) is 23.5 Å². The van der Waals surface area contributed by atoms with Gasteiger partial charge in [0.15, 0.2) is 12.4 Å². The summed E-state index contributed by atoms with van der Waals surface area (Å²) >= 11 is 0. The van der Waals surface area contributed by atoms with Crippen molar-refractivity contribution >= 4 is 11.8 Å².